The first-order valence-corrected chi connectivity index (χ1v) is 7.61. The highest BCUT2D eigenvalue weighted by atomic mass is 32.2. The Morgan fingerprint density at radius 2 is 2.12 bits per heavy atom. The summed E-state index contributed by atoms with van der Waals surface area (Å²) in [6.07, 6.45) is 3.85. The highest BCUT2D eigenvalue weighted by Gasteiger charge is 2.31. The van der Waals surface area contributed by atoms with Crippen molar-refractivity contribution in [2.24, 2.45) is 5.92 Å². The lowest BCUT2D eigenvalue weighted by Crippen LogP contribution is -2.46. The number of hydrogen-bond donors (Lipinski definition) is 2. The van der Waals surface area contributed by atoms with Crippen LogP contribution in [0.5, 0.6) is 0 Å². The van der Waals surface area contributed by atoms with Gasteiger partial charge in [0.1, 0.15) is 0 Å². The first-order valence-electron chi connectivity index (χ1n) is 6.06. The Balaban J connectivity index is 2.72. The van der Waals surface area contributed by atoms with Gasteiger partial charge in [-0.1, -0.05) is 19.8 Å². The van der Waals surface area contributed by atoms with Crippen LogP contribution in [0, 0.1) is 17.2 Å². The van der Waals surface area contributed by atoms with E-state index in [-0.39, 0.29) is 25.0 Å². The topological polar surface area (TPSA) is 90.2 Å². The molecule has 3 atom stereocenters. The van der Waals surface area contributed by atoms with Crippen LogP contribution < -0.4 is 4.72 Å². The fourth-order valence-corrected chi connectivity index (χ4v) is 3.73. The lowest BCUT2D eigenvalue weighted by atomic mass is 9.86. The molecule has 2 N–H and O–H groups in total. The van der Waals surface area contributed by atoms with Crippen molar-refractivity contribution in [1.82, 2.24) is 4.72 Å². The van der Waals surface area contributed by atoms with Crippen molar-refractivity contribution >= 4 is 10.0 Å². The van der Waals surface area contributed by atoms with E-state index in [1.165, 1.54) is 0 Å². The van der Waals surface area contributed by atoms with Crippen molar-refractivity contribution < 1.29 is 13.5 Å². The highest BCUT2D eigenvalue weighted by molar-refractivity contribution is 7.90. The minimum atomic E-state index is -3.59. The summed E-state index contributed by atoms with van der Waals surface area (Å²) in [4.78, 5) is 0. The van der Waals surface area contributed by atoms with Crippen LogP contribution in [0.2, 0.25) is 0 Å². The van der Waals surface area contributed by atoms with Gasteiger partial charge < -0.3 is 5.11 Å². The number of nitriles is 1. The van der Waals surface area contributed by atoms with E-state index in [9.17, 15) is 13.5 Å². The monoisotopic (exact) mass is 260 g/mol. The lowest BCUT2D eigenvalue weighted by Gasteiger charge is -2.31. The Hall–Kier alpha value is -0.640. The zero-order valence-electron chi connectivity index (χ0n) is 10.1. The number of aliphatic hydroxyl groups is 1. The van der Waals surface area contributed by atoms with Crippen molar-refractivity contribution in [2.75, 3.05) is 6.61 Å². The van der Waals surface area contributed by atoms with Crippen LogP contribution >= 0.6 is 0 Å². The van der Waals surface area contributed by atoms with Gasteiger partial charge in [0.15, 0.2) is 5.25 Å². The third-order valence-electron chi connectivity index (χ3n) is 3.35. The average molecular weight is 260 g/mol. The van der Waals surface area contributed by atoms with Crippen molar-refractivity contribution in [3.63, 3.8) is 0 Å². The number of hydrogen-bond acceptors (Lipinski definition) is 4. The standard InChI is InChI=1S/C11H20N2O3S/c1-2-10(7-12)17(15,16)13-11-6-4-3-5-9(11)8-14/h9-11,13-14H,2-6,8H2,1H3. The van der Waals surface area contributed by atoms with Gasteiger partial charge in [-0.25, -0.2) is 13.1 Å². The van der Waals surface area contributed by atoms with Gasteiger partial charge in [0.25, 0.3) is 0 Å². The molecule has 0 heterocycles. The number of sulfonamides is 1. The van der Waals surface area contributed by atoms with Crippen molar-refractivity contribution in [3.8, 4) is 6.07 Å². The predicted octanol–water partition coefficient (Wildman–Crippen LogP) is 0.759. The van der Waals surface area contributed by atoms with E-state index in [0.717, 1.165) is 25.7 Å². The molecule has 0 aromatic rings. The summed E-state index contributed by atoms with van der Waals surface area (Å²) in [5, 5.41) is 17.0. The third kappa shape index (κ3) is 3.66. The molecule has 98 valence electrons. The molecular formula is C11H20N2O3S. The average Bonchev–Trinajstić information content (AvgIpc) is 2.30. The second kappa shape index (κ2) is 6.34. The molecule has 0 bridgehead atoms. The lowest BCUT2D eigenvalue weighted by molar-refractivity contribution is 0.164. The zero-order chi connectivity index (χ0) is 12.9. The van der Waals surface area contributed by atoms with Crippen LogP contribution in [0.15, 0.2) is 0 Å². The molecule has 6 heteroatoms. The van der Waals surface area contributed by atoms with Gasteiger partial charge in [0.05, 0.1) is 6.07 Å². The first-order chi connectivity index (χ1) is 8.05. The minimum Gasteiger partial charge on any atom is -0.396 e. The normalized spacial score (nSPS) is 27.4. The summed E-state index contributed by atoms with van der Waals surface area (Å²) < 4.78 is 26.4. The van der Waals surface area contributed by atoms with Gasteiger partial charge in [-0.05, 0) is 25.2 Å². The van der Waals surface area contributed by atoms with E-state index >= 15 is 0 Å². The minimum absolute atomic E-state index is 0.00344. The molecule has 0 aromatic carbocycles. The number of nitrogens with one attached hydrogen (secondary N) is 1. The van der Waals surface area contributed by atoms with Gasteiger partial charge >= 0.3 is 0 Å². The van der Waals surface area contributed by atoms with Crippen molar-refractivity contribution in [3.05, 3.63) is 0 Å². The van der Waals surface area contributed by atoms with Crippen LogP contribution in [-0.2, 0) is 10.0 Å². The molecule has 0 saturated heterocycles. The number of rotatable bonds is 5. The maximum atomic E-state index is 11.9. The van der Waals surface area contributed by atoms with Gasteiger partial charge in [-0.15, -0.1) is 0 Å². The zero-order valence-corrected chi connectivity index (χ0v) is 10.9. The third-order valence-corrected chi connectivity index (χ3v) is 5.17. The molecule has 1 fully saturated rings. The molecule has 1 aliphatic rings. The first kappa shape index (κ1) is 14.4. The Labute approximate surface area is 103 Å². The van der Waals surface area contributed by atoms with E-state index in [1.807, 2.05) is 0 Å². The molecular weight excluding hydrogens is 240 g/mol. The van der Waals surface area contributed by atoms with E-state index in [4.69, 9.17) is 5.26 Å². The van der Waals surface area contributed by atoms with Crippen LogP contribution in [0.1, 0.15) is 39.0 Å². The molecule has 0 aliphatic heterocycles. The van der Waals surface area contributed by atoms with Gasteiger partial charge in [-0.3, -0.25) is 0 Å². The smallest absolute Gasteiger partial charge is 0.228 e. The second-order valence-corrected chi connectivity index (χ2v) is 6.42. The van der Waals surface area contributed by atoms with Crippen LogP contribution in [0.25, 0.3) is 0 Å². The Morgan fingerprint density at radius 1 is 1.47 bits per heavy atom. The van der Waals surface area contributed by atoms with E-state index in [2.05, 4.69) is 4.72 Å². The van der Waals surface area contributed by atoms with Gasteiger partial charge in [0.2, 0.25) is 10.0 Å². The second-order valence-electron chi connectivity index (χ2n) is 4.52. The Kier molecular flexibility index (Phi) is 5.37. The fourth-order valence-electron chi connectivity index (χ4n) is 2.25. The molecule has 5 nitrogen and oxygen atoms in total. The number of aliphatic hydroxyl groups excluding tert-OH is 1. The molecule has 1 saturated carbocycles. The fraction of sp³-hybridized carbons (Fsp3) is 0.909. The summed E-state index contributed by atoms with van der Waals surface area (Å²) in [6.45, 7) is 1.67. The number of nitrogens with zero attached hydrogens (tertiary/aromatic N) is 1. The Morgan fingerprint density at radius 3 is 2.65 bits per heavy atom. The Bertz CT molecular complexity index is 375. The molecule has 0 spiro atoms. The largest absolute Gasteiger partial charge is 0.396 e. The van der Waals surface area contributed by atoms with E-state index < -0.39 is 15.3 Å². The summed E-state index contributed by atoms with van der Waals surface area (Å²) in [5.41, 5.74) is 0. The summed E-state index contributed by atoms with van der Waals surface area (Å²) >= 11 is 0. The molecule has 0 amide bonds. The van der Waals surface area contributed by atoms with Crippen LogP contribution in [0.3, 0.4) is 0 Å². The molecule has 3 unspecified atom stereocenters. The predicted molar refractivity (Wildman–Crippen MR) is 64.6 cm³/mol. The summed E-state index contributed by atoms with van der Waals surface area (Å²) in [7, 11) is -3.59. The highest BCUT2D eigenvalue weighted by Crippen LogP contribution is 2.25. The maximum Gasteiger partial charge on any atom is 0.228 e. The van der Waals surface area contributed by atoms with Crippen molar-refractivity contribution in [1.29, 1.82) is 5.26 Å². The van der Waals surface area contributed by atoms with Crippen LogP contribution in [-0.4, -0.2) is 31.4 Å². The quantitative estimate of drug-likeness (QED) is 0.763. The van der Waals surface area contributed by atoms with E-state index in [1.54, 1.807) is 13.0 Å². The molecule has 1 aliphatic carbocycles. The SMILES string of the molecule is CCC(C#N)S(=O)(=O)NC1CCCCC1CO. The molecule has 0 aromatic heterocycles. The molecule has 17 heavy (non-hydrogen) atoms. The molecule has 0 radical (unpaired) electrons. The van der Waals surface area contributed by atoms with Crippen molar-refractivity contribution in [2.45, 2.75) is 50.3 Å². The maximum absolute atomic E-state index is 11.9. The van der Waals surface area contributed by atoms with E-state index in [0.29, 0.717) is 0 Å². The van der Waals surface area contributed by atoms with Crippen LogP contribution in [0.4, 0.5) is 0 Å². The summed E-state index contributed by atoms with van der Waals surface area (Å²) in [6, 6.07) is 1.58. The summed E-state index contributed by atoms with van der Waals surface area (Å²) in [5.74, 6) is -0.0188. The molecule has 1 rings (SSSR count). The van der Waals surface area contributed by atoms with Gasteiger partial charge in [0, 0.05) is 12.6 Å². The van der Waals surface area contributed by atoms with Gasteiger partial charge in [-0.2, -0.15) is 5.26 Å².